The van der Waals surface area contributed by atoms with E-state index in [2.05, 4.69) is 4.74 Å². The predicted molar refractivity (Wildman–Crippen MR) is 55.3 cm³/mol. The Hall–Kier alpha value is -1.44. The summed E-state index contributed by atoms with van der Waals surface area (Å²) in [6.07, 6.45) is -10.7. The molecule has 1 aromatic rings. The maximum absolute atomic E-state index is 12.0. The topological polar surface area (TPSA) is 35.2 Å². The molecule has 0 amide bonds. The van der Waals surface area contributed by atoms with Crippen LogP contribution in [0.25, 0.3) is 0 Å². The van der Waals surface area contributed by atoms with Gasteiger partial charge in [-0.25, -0.2) is 0 Å². The van der Waals surface area contributed by atoms with Crippen LogP contribution < -0.4 is 10.5 Å². The van der Waals surface area contributed by atoms with Gasteiger partial charge in [0.15, 0.2) is 0 Å². The van der Waals surface area contributed by atoms with Crippen molar-refractivity contribution < 1.29 is 31.1 Å². The van der Waals surface area contributed by atoms with E-state index in [1.165, 1.54) is 12.1 Å². The SMILES string of the molecule is N[C@H](CCC(F)(F)F)c1cccc(OC(F)(F)F)c1. The maximum atomic E-state index is 12.0. The molecule has 19 heavy (non-hydrogen) atoms. The summed E-state index contributed by atoms with van der Waals surface area (Å²) >= 11 is 0. The normalized spacial score (nSPS) is 14.3. The summed E-state index contributed by atoms with van der Waals surface area (Å²) in [5.74, 6) is -0.507. The van der Waals surface area contributed by atoms with Crippen LogP contribution in [0.4, 0.5) is 26.3 Å². The fourth-order valence-electron chi connectivity index (χ4n) is 1.43. The molecule has 0 saturated carbocycles. The van der Waals surface area contributed by atoms with Crippen LogP contribution in [0.1, 0.15) is 24.4 Å². The monoisotopic (exact) mass is 287 g/mol. The number of nitrogens with two attached hydrogens (primary N) is 1. The van der Waals surface area contributed by atoms with Gasteiger partial charge in [0.1, 0.15) is 5.75 Å². The molecule has 1 rings (SSSR count). The molecular formula is C11H11F6NO. The van der Waals surface area contributed by atoms with Crippen molar-refractivity contribution in [3.05, 3.63) is 29.8 Å². The van der Waals surface area contributed by atoms with Crippen molar-refractivity contribution in [1.29, 1.82) is 0 Å². The average Bonchev–Trinajstić information content (AvgIpc) is 2.23. The van der Waals surface area contributed by atoms with Crippen molar-refractivity contribution in [2.75, 3.05) is 0 Å². The van der Waals surface area contributed by atoms with E-state index in [1.807, 2.05) is 0 Å². The first-order chi connectivity index (χ1) is 8.57. The Balaban J connectivity index is 2.70. The molecule has 0 aromatic heterocycles. The molecule has 0 spiro atoms. The second-order valence-electron chi connectivity index (χ2n) is 3.88. The van der Waals surface area contributed by atoms with Crippen LogP contribution in [0.3, 0.4) is 0 Å². The third-order valence-corrected chi connectivity index (χ3v) is 2.26. The number of alkyl halides is 6. The van der Waals surface area contributed by atoms with Crippen LogP contribution in [0, 0.1) is 0 Å². The largest absolute Gasteiger partial charge is 0.573 e. The Morgan fingerprint density at radius 3 is 2.26 bits per heavy atom. The highest BCUT2D eigenvalue weighted by Gasteiger charge is 2.31. The van der Waals surface area contributed by atoms with E-state index in [1.54, 1.807) is 0 Å². The van der Waals surface area contributed by atoms with Crippen molar-refractivity contribution >= 4 is 0 Å². The molecular weight excluding hydrogens is 276 g/mol. The molecule has 0 bridgehead atoms. The molecule has 0 saturated heterocycles. The first-order valence-electron chi connectivity index (χ1n) is 5.25. The Morgan fingerprint density at radius 1 is 1.11 bits per heavy atom. The zero-order valence-electron chi connectivity index (χ0n) is 9.55. The molecule has 108 valence electrons. The van der Waals surface area contributed by atoms with E-state index in [0.717, 1.165) is 12.1 Å². The van der Waals surface area contributed by atoms with Gasteiger partial charge in [0.25, 0.3) is 0 Å². The van der Waals surface area contributed by atoms with E-state index in [0.29, 0.717) is 0 Å². The molecule has 1 atom stereocenters. The van der Waals surface area contributed by atoms with Gasteiger partial charge in [-0.15, -0.1) is 13.2 Å². The van der Waals surface area contributed by atoms with E-state index < -0.39 is 37.2 Å². The molecule has 2 N–H and O–H groups in total. The van der Waals surface area contributed by atoms with Gasteiger partial charge >= 0.3 is 12.5 Å². The van der Waals surface area contributed by atoms with Gasteiger partial charge in [-0.05, 0) is 24.1 Å². The summed E-state index contributed by atoms with van der Waals surface area (Å²) < 4.78 is 75.6. The molecule has 8 heteroatoms. The predicted octanol–water partition coefficient (Wildman–Crippen LogP) is 3.93. The number of hydrogen-bond donors (Lipinski definition) is 1. The molecule has 0 heterocycles. The van der Waals surface area contributed by atoms with Gasteiger partial charge in [-0.2, -0.15) is 13.2 Å². The third kappa shape index (κ3) is 6.32. The molecule has 0 aliphatic heterocycles. The Labute approximate surface area is 105 Å². The van der Waals surface area contributed by atoms with Crippen LogP contribution in [0.5, 0.6) is 5.75 Å². The Bertz CT molecular complexity index is 414. The smallest absolute Gasteiger partial charge is 0.406 e. The minimum Gasteiger partial charge on any atom is -0.406 e. The number of hydrogen-bond acceptors (Lipinski definition) is 2. The molecule has 0 radical (unpaired) electrons. The minimum atomic E-state index is -4.85. The standard InChI is InChI=1S/C11H11F6NO/c12-10(13,14)5-4-9(18)7-2-1-3-8(6-7)19-11(15,16)17/h1-3,6,9H,4-5,18H2/t9-/m1/s1. The van der Waals surface area contributed by atoms with Crippen LogP contribution in [-0.4, -0.2) is 12.5 Å². The summed E-state index contributed by atoms with van der Waals surface area (Å²) in [7, 11) is 0. The van der Waals surface area contributed by atoms with Crippen molar-refractivity contribution in [3.63, 3.8) is 0 Å². The van der Waals surface area contributed by atoms with Gasteiger partial charge in [0.05, 0.1) is 0 Å². The second kappa shape index (κ2) is 5.68. The van der Waals surface area contributed by atoms with Gasteiger partial charge in [-0.1, -0.05) is 12.1 Å². The fourth-order valence-corrected chi connectivity index (χ4v) is 1.43. The maximum Gasteiger partial charge on any atom is 0.573 e. The lowest BCUT2D eigenvalue weighted by Gasteiger charge is -2.15. The lowest BCUT2D eigenvalue weighted by atomic mass is 10.0. The summed E-state index contributed by atoms with van der Waals surface area (Å²) in [6.45, 7) is 0. The number of ether oxygens (including phenoxy) is 1. The van der Waals surface area contributed by atoms with Crippen LogP contribution in [0.15, 0.2) is 24.3 Å². The van der Waals surface area contributed by atoms with Crippen molar-refractivity contribution in [2.45, 2.75) is 31.4 Å². The summed E-state index contributed by atoms with van der Waals surface area (Å²) in [6, 6.07) is 3.62. The van der Waals surface area contributed by atoms with Crippen LogP contribution in [0.2, 0.25) is 0 Å². The second-order valence-corrected chi connectivity index (χ2v) is 3.88. The zero-order valence-corrected chi connectivity index (χ0v) is 9.55. The van der Waals surface area contributed by atoms with Gasteiger partial charge in [-0.3, -0.25) is 0 Å². The summed E-state index contributed by atoms with van der Waals surface area (Å²) in [5.41, 5.74) is 5.66. The number of benzene rings is 1. The van der Waals surface area contributed by atoms with Crippen molar-refractivity contribution in [1.82, 2.24) is 0 Å². The molecule has 2 nitrogen and oxygen atoms in total. The quantitative estimate of drug-likeness (QED) is 0.852. The Morgan fingerprint density at radius 2 is 1.74 bits per heavy atom. The lowest BCUT2D eigenvalue weighted by molar-refractivity contribution is -0.274. The minimum absolute atomic E-state index is 0.158. The third-order valence-electron chi connectivity index (χ3n) is 2.26. The van der Waals surface area contributed by atoms with Crippen molar-refractivity contribution in [3.8, 4) is 5.75 Å². The number of rotatable bonds is 4. The first-order valence-corrected chi connectivity index (χ1v) is 5.25. The highest BCUT2D eigenvalue weighted by atomic mass is 19.4. The highest BCUT2D eigenvalue weighted by Crippen LogP contribution is 2.29. The van der Waals surface area contributed by atoms with E-state index >= 15 is 0 Å². The van der Waals surface area contributed by atoms with E-state index in [-0.39, 0.29) is 5.56 Å². The molecule has 0 aliphatic rings. The first kappa shape index (κ1) is 15.6. The highest BCUT2D eigenvalue weighted by molar-refractivity contribution is 5.30. The molecule has 0 unspecified atom stereocenters. The fraction of sp³-hybridized carbons (Fsp3) is 0.455. The van der Waals surface area contributed by atoms with Gasteiger partial charge in [0, 0.05) is 12.5 Å². The molecule has 0 aliphatic carbocycles. The average molecular weight is 287 g/mol. The number of halogens is 6. The van der Waals surface area contributed by atoms with Gasteiger partial charge < -0.3 is 10.5 Å². The lowest BCUT2D eigenvalue weighted by Crippen LogP contribution is -2.18. The zero-order chi connectivity index (χ0) is 14.7. The summed E-state index contributed by atoms with van der Waals surface area (Å²) in [5, 5.41) is 0. The van der Waals surface area contributed by atoms with Crippen molar-refractivity contribution in [2.24, 2.45) is 5.73 Å². The Kier molecular flexibility index (Phi) is 4.67. The van der Waals surface area contributed by atoms with Gasteiger partial charge in [0.2, 0.25) is 0 Å². The molecule has 1 aromatic carbocycles. The van der Waals surface area contributed by atoms with E-state index in [9.17, 15) is 26.3 Å². The molecule has 0 fully saturated rings. The van der Waals surface area contributed by atoms with E-state index in [4.69, 9.17) is 5.73 Å². The van der Waals surface area contributed by atoms with Crippen LogP contribution >= 0.6 is 0 Å². The van der Waals surface area contributed by atoms with Crippen LogP contribution in [-0.2, 0) is 0 Å². The summed E-state index contributed by atoms with van der Waals surface area (Å²) in [4.78, 5) is 0.